The Morgan fingerprint density at radius 2 is 2.10 bits per heavy atom. The number of nitrogens with one attached hydrogen (secondary N) is 1. The number of aryl methyl sites for hydroxylation is 1. The maximum atomic E-state index is 12.2. The Morgan fingerprint density at radius 3 is 2.68 bits per heavy atom. The molecule has 2 aliphatic rings. The first-order valence-electron chi connectivity index (χ1n) is 9.39. The number of hydrogen-bond donors (Lipinski definition) is 2. The zero-order chi connectivity index (χ0) is 22.6. The fourth-order valence-corrected chi connectivity index (χ4v) is 4.19. The molecule has 2 aromatic rings. The highest BCUT2D eigenvalue weighted by molar-refractivity contribution is 7.15. The lowest BCUT2D eigenvalue weighted by Crippen LogP contribution is -2.29. The molecule has 2 aliphatic heterocycles. The molecular formula is C18H21F3N4O5S. The van der Waals surface area contributed by atoms with Gasteiger partial charge in [-0.05, 0) is 25.0 Å². The summed E-state index contributed by atoms with van der Waals surface area (Å²) in [5.74, 6) is -1.31. The van der Waals surface area contributed by atoms with Crippen LogP contribution in [0.25, 0.3) is 0 Å². The number of furan rings is 1. The zero-order valence-corrected chi connectivity index (χ0v) is 17.3. The summed E-state index contributed by atoms with van der Waals surface area (Å²) in [7, 11) is 0. The van der Waals surface area contributed by atoms with Crippen molar-refractivity contribution in [1.29, 1.82) is 0 Å². The maximum absolute atomic E-state index is 12.2. The first kappa shape index (κ1) is 23.0. The van der Waals surface area contributed by atoms with Crippen molar-refractivity contribution in [1.82, 2.24) is 15.5 Å². The van der Waals surface area contributed by atoms with E-state index < -0.39 is 12.1 Å². The van der Waals surface area contributed by atoms with E-state index in [2.05, 4.69) is 20.4 Å². The second kappa shape index (κ2) is 9.64. The van der Waals surface area contributed by atoms with Crippen LogP contribution in [0.4, 0.5) is 18.3 Å². The molecule has 0 bridgehead atoms. The molecule has 13 heteroatoms. The molecule has 0 unspecified atom stereocenters. The number of rotatable bonds is 5. The molecule has 2 fully saturated rings. The highest BCUT2D eigenvalue weighted by atomic mass is 32.1. The lowest BCUT2D eigenvalue weighted by molar-refractivity contribution is -0.192. The number of amides is 1. The Balaban J connectivity index is 0.000000339. The van der Waals surface area contributed by atoms with E-state index in [4.69, 9.17) is 19.1 Å². The average molecular weight is 462 g/mol. The largest absolute Gasteiger partial charge is 0.490 e. The zero-order valence-electron chi connectivity index (χ0n) is 16.5. The van der Waals surface area contributed by atoms with Crippen molar-refractivity contribution < 1.29 is 37.0 Å². The minimum atomic E-state index is -5.08. The molecule has 31 heavy (non-hydrogen) atoms. The van der Waals surface area contributed by atoms with E-state index in [9.17, 15) is 18.0 Å². The van der Waals surface area contributed by atoms with Crippen LogP contribution >= 0.6 is 11.3 Å². The van der Waals surface area contributed by atoms with E-state index in [0.29, 0.717) is 25.5 Å². The Hall–Kier alpha value is -2.67. The number of alkyl halides is 3. The molecule has 170 valence electrons. The highest BCUT2D eigenvalue weighted by Gasteiger charge is 2.45. The third-order valence-corrected chi connectivity index (χ3v) is 5.85. The minimum Gasteiger partial charge on any atom is -0.475 e. The van der Waals surface area contributed by atoms with Gasteiger partial charge in [0, 0.05) is 25.4 Å². The Bertz CT molecular complexity index is 889. The van der Waals surface area contributed by atoms with Crippen molar-refractivity contribution >= 4 is 28.3 Å². The number of fused-ring (bicyclic) bond motifs is 1. The maximum Gasteiger partial charge on any atom is 0.490 e. The lowest BCUT2D eigenvalue weighted by atomic mass is 9.90. The van der Waals surface area contributed by atoms with Gasteiger partial charge in [-0.2, -0.15) is 13.2 Å². The van der Waals surface area contributed by atoms with Crippen LogP contribution in [-0.2, 0) is 20.9 Å². The topological polar surface area (TPSA) is 118 Å². The number of nitrogens with zero attached hydrogens (tertiary/aromatic N) is 3. The number of carbonyl (C=O) groups excluding carboxylic acids is 1. The number of ether oxygens (including phenoxy) is 1. The summed E-state index contributed by atoms with van der Waals surface area (Å²) in [5.41, 5.74) is 0. The Labute approximate surface area is 179 Å². The number of carboxylic acids is 1. The summed E-state index contributed by atoms with van der Waals surface area (Å²) in [6.07, 6.45) is -2.79. The van der Waals surface area contributed by atoms with Crippen molar-refractivity contribution in [3.8, 4) is 0 Å². The van der Waals surface area contributed by atoms with E-state index in [1.807, 2.05) is 19.1 Å². The van der Waals surface area contributed by atoms with E-state index >= 15 is 0 Å². The minimum absolute atomic E-state index is 0.0471. The van der Waals surface area contributed by atoms with Crippen LogP contribution < -0.4 is 10.2 Å². The van der Waals surface area contributed by atoms with E-state index in [-0.39, 0.29) is 17.9 Å². The number of carboxylic acid groups (broad SMARTS) is 1. The molecule has 0 spiro atoms. The van der Waals surface area contributed by atoms with Gasteiger partial charge in [0.2, 0.25) is 11.0 Å². The molecular weight excluding hydrogens is 441 g/mol. The molecule has 2 N–H and O–H groups in total. The van der Waals surface area contributed by atoms with Crippen LogP contribution in [0.2, 0.25) is 0 Å². The van der Waals surface area contributed by atoms with Gasteiger partial charge in [0.1, 0.15) is 10.8 Å². The van der Waals surface area contributed by atoms with Crippen molar-refractivity contribution in [2.75, 3.05) is 24.6 Å². The molecule has 0 saturated carbocycles. The van der Waals surface area contributed by atoms with Gasteiger partial charge in [0.05, 0.1) is 25.5 Å². The van der Waals surface area contributed by atoms with Crippen LogP contribution in [0, 0.1) is 18.8 Å². The second-order valence-corrected chi connectivity index (χ2v) is 8.33. The number of aromatic nitrogens is 2. The SMILES string of the molecule is Cc1nnc(N2C[C@@H]3[C@H](CC(=O)NCc4ccco4)CO[C@@H]3C2)s1.O=C(O)C(F)(F)F. The monoisotopic (exact) mass is 462 g/mol. The summed E-state index contributed by atoms with van der Waals surface area (Å²) in [6.45, 7) is 4.77. The van der Waals surface area contributed by atoms with Gasteiger partial charge in [-0.25, -0.2) is 4.79 Å². The molecule has 4 heterocycles. The van der Waals surface area contributed by atoms with E-state index in [0.717, 1.165) is 29.0 Å². The molecule has 0 aliphatic carbocycles. The van der Waals surface area contributed by atoms with Crippen LogP contribution in [0.1, 0.15) is 17.2 Å². The standard InChI is InChI=1S/C16H20N4O3S.C2HF3O2/c1-10-18-19-16(24-10)20-7-13-11(9-23-14(13)8-20)5-15(21)17-6-12-3-2-4-22-12;3-2(4,5)1(6)7/h2-4,11,13-14H,5-9H2,1H3,(H,17,21);(H,6,7)/t11-,13-,14-;/m1./s1. The van der Waals surface area contributed by atoms with Crippen molar-refractivity contribution in [3.05, 3.63) is 29.2 Å². The third-order valence-electron chi connectivity index (χ3n) is 4.95. The molecule has 1 amide bonds. The van der Waals surface area contributed by atoms with Gasteiger partial charge in [0.25, 0.3) is 0 Å². The Kier molecular flexibility index (Phi) is 7.15. The second-order valence-electron chi connectivity index (χ2n) is 7.17. The molecule has 3 atom stereocenters. The summed E-state index contributed by atoms with van der Waals surface area (Å²) < 4.78 is 42.9. The predicted molar refractivity (Wildman–Crippen MR) is 102 cm³/mol. The van der Waals surface area contributed by atoms with Crippen LogP contribution in [0.15, 0.2) is 22.8 Å². The normalized spacial score (nSPS) is 22.6. The van der Waals surface area contributed by atoms with Gasteiger partial charge in [-0.15, -0.1) is 10.2 Å². The quantitative estimate of drug-likeness (QED) is 0.695. The third kappa shape index (κ3) is 6.17. The number of halogens is 3. The molecule has 0 aromatic carbocycles. The van der Waals surface area contributed by atoms with E-state index in [1.165, 1.54) is 0 Å². The fraction of sp³-hybridized carbons (Fsp3) is 0.556. The lowest BCUT2D eigenvalue weighted by Gasteiger charge is -2.18. The average Bonchev–Trinajstić information content (AvgIpc) is 3.46. The number of carbonyl (C=O) groups is 2. The Morgan fingerprint density at radius 1 is 1.35 bits per heavy atom. The summed E-state index contributed by atoms with van der Waals surface area (Å²) in [4.78, 5) is 23.3. The summed E-state index contributed by atoms with van der Waals surface area (Å²) >= 11 is 1.60. The van der Waals surface area contributed by atoms with Gasteiger partial charge in [-0.3, -0.25) is 4.79 Å². The number of hydrogen-bond acceptors (Lipinski definition) is 8. The number of anilines is 1. The van der Waals surface area contributed by atoms with Crippen molar-refractivity contribution in [3.63, 3.8) is 0 Å². The van der Waals surface area contributed by atoms with Gasteiger partial charge in [-0.1, -0.05) is 11.3 Å². The first-order chi connectivity index (χ1) is 14.6. The molecule has 2 saturated heterocycles. The number of aliphatic carboxylic acids is 1. The molecule has 4 rings (SSSR count). The summed E-state index contributed by atoms with van der Waals surface area (Å²) in [5, 5.41) is 20.3. The van der Waals surface area contributed by atoms with Crippen LogP contribution in [0.3, 0.4) is 0 Å². The van der Waals surface area contributed by atoms with Gasteiger partial charge in [0.15, 0.2) is 0 Å². The first-order valence-corrected chi connectivity index (χ1v) is 10.2. The van der Waals surface area contributed by atoms with Crippen molar-refractivity contribution in [2.45, 2.75) is 32.2 Å². The molecule has 0 radical (unpaired) electrons. The highest BCUT2D eigenvalue weighted by Crippen LogP contribution is 2.38. The fourth-order valence-electron chi connectivity index (χ4n) is 3.49. The predicted octanol–water partition coefficient (Wildman–Crippen LogP) is 2.23. The smallest absolute Gasteiger partial charge is 0.475 e. The van der Waals surface area contributed by atoms with Gasteiger partial charge >= 0.3 is 12.1 Å². The van der Waals surface area contributed by atoms with Crippen LogP contribution in [0.5, 0.6) is 0 Å². The summed E-state index contributed by atoms with van der Waals surface area (Å²) in [6, 6.07) is 3.67. The van der Waals surface area contributed by atoms with E-state index in [1.54, 1.807) is 17.6 Å². The molecule has 9 nitrogen and oxygen atoms in total. The van der Waals surface area contributed by atoms with Gasteiger partial charge < -0.3 is 24.5 Å². The van der Waals surface area contributed by atoms with Crippen molar-refractivity contribution in [2.24, 2.45) is 11.8 Å². The molecule has 2 aromatic heterocycles. The van der Waals surface area contributed by atoms with Crippen LogP contribution in [-0.4, -0.2) is 59.2 Å².